The SMILES string of the molecule is NC[C@H]1CN(Cc2ccc(Cl)c(Cl)c2)CCO1. The van der Waals surface area contributed by atoms with Crippen molar-refractivity contribution in [1.82, 2.24) is 4.90 Å². The Morgan fingerprint density at radius 1 is 1.35 bits per heavy atom. The zero-order chi connectivity index (χ0) is 12.3. The molecule has 1 aliphatic rings. The predicted molar refractivity (Wildman–Crippen MR) is 70.5 cm³/mol. The maximum atomic E-state index is 5.99. The van der Waals surface area contributed by atoms with Crippen LogP contribution in [0.2, 0.25) is 10.0 Å². The number of morpholine rings is 1. The summed E-state index contributed by atoms with van der Waals surface area (Å²) < 4.78 is 5.52. The molecule has 1 heterocycles. The van der Waals surface area contributed by atoms with E-state index in [1.165, 1.54) is 0 Å². The molecule has 1 fully saturated rings. The summed E-state index contributed by atoms with van der Waals surface area (Å²) >= 11 is 11.9. The Kier molecular flexibility index (Phi) is 4.65. The largest absolute Gasteiger partial charge is 0.374 e. The highest BCUT2D eigenvalue weighted by atomic mass is 35.5. The van der Waals surface area contributed by atoms with Crippen molar-refractivity contribution in [2.24, 2.45) is 5.73 Å². The molecular weight excluding hydrogens is 259 g/mol. The first-order chi connectivity index (χ1) is 8.19. The molecule has 17 heavy (non-hydrogen) atoms. The van der Waals surface area contributed by atoms with Crippen LogP contribution in [0.3, 0.4) is 0 Å². The fourth-order valence-corrected chi connectivity index (χ4v) is 2.28. The first kappa shape index (κ1) is 13.1. The van der Waals surface area contributed by atoms with Gasteiger partial charge in [0.15, 0.2) is 0 Å². The van der Waals surface area contributed by atoms with Gasteiger partial charge >= 0.3 is 0 Å². The third kappa shape index (κ3) is 3.57. The van der Waals surface area contributed by atoms with Crippen LogP contribution in [0.25, 0.3) is 0 Å². The minimum absolute atomic E-state index is 0.145. The van der Waals surface area contributed by atoms with Gasteiger partial charge in [-0.2, -0.15) is 0 Å². The van der Waals surface area contributed by atoms with Gasteiger partial charge in [-0.15, -0.1) is 0 Å². The number of ether oxygens (including phenoxy) is 1. The second-order valence-corrected chi connectivity index (χ2v) is 5.03. The number of benzene rings is 1. The van der Waals surface area contributed by atoms with E-state index in [9.17, 15) is 0 Å². The third-order valence-electron chi connectivity index (χ3n) is 2.88. The Hall–Kier alpha value is -0.320. The zero-order valence-corrected chi connectivity index (χ0v) is 11.0. The molecule has 1 aromatic rings. The number of rotatable bonds is 3. The molecule has 0 bridgehead atoms. The van der Waals surface area contributed by atoms with Gasteiger partial charge in [0.05, 0.1) is 22.8 Å². The standard InChI is InChI=1S/C12H16Cl2N2O/c13-11-2-1-9(5-12(11)14)7-16-3-4-17-10(6-15)8-16/h1-2,5,10H,3-4,6-8,15H2/t10-/m0/s1. The number of hydrogen-bond donors (Lipinski definition) is 1. The quantitative estimate of drug-likeness (QED) is 0.918. The smallest absolute Gasteiger partial charge is 0.0824 e. The van der Waals surface area contributed by atoms with Crippen LogP contribution in [0.4, 0.5) is 0 Å². The topological polar surface area (TPSA) is 38.5 Å². The lowest BCUT2D eigenvalue weighted by Crippen LogP contribution is -2.45. The zero-order valence-electron chi connectivity index (χ0n) is 9.53. The number of nitrogens with zero attached hydrogens (tertiary/aromatic N) is 1. The fraction of sp³-hybridized carbons (Fsp3) is 0.500. The molecule has 1 aliphatic heterocycles. The summed E-state index contributed by atoms with van der Waals surface area (Å²) in [5.41, 5.74) is 6.78. The summed E-state index contributed by atoms with van der Waals surface area (Å²) in [7, 11) is 0. The van der Waals surface area contributed by atoms with E-state index in [1.807, 2.05) is 18.2 Å². The van der Waals surface area contributed by atoms with Crippen molar-refractivity contribution in [3.05, 3.63) is 33.8 Å². The van der Waals surface area contributed by atoms with Gasteiger partial charge in [-0.3, -0.25) is 4.90 Å². The van der Waals surface area contributed by atoms with Crippen LogP contribution in [-0.2, 0) is 11.3 Å². The lowest BCUT2D eigenvalue weighted by molar-refractivity contribution is -0.0260. The van der Waals surface area contributed by atoms with Crippen LogP contribution < -0.4 is 5.73 Å². The molecule has 5 heteroatoms. The van der Waals surface area contributed by atoms with Crippen molar-refractivity contribution in [2.45, 2.75) is 12.6 Å². The van der Waals surface area contributed by atoms with Crippen molar-refractivity contribution in [3.8, 4) is 0 Å². The lowest BCUT2D eigenvalue weighted by Gasteiger charge is -2.32. The average molecular weight is 275 g/mol. The van der Waals surface area contributed by atoms with E-state index in [4.69, 9.17) is 33.7 Å². The molecule has 0 radical (unpaired) electrons. The Morgan fingerprint density at radius 2 is 2.18 bits per heavy atom. The molecule has 0 saturated carbocycles. The van der Waals surface area contributed by atoms with E-state index in [2.05, 4.69) is 4.90 Å². The van der Waals surface area contributed by atoms with Crippen LogP contribution in [0.15, 0.2) is 18.2 Å². The number of hydrogen-bond acceptors (Lipinski definition) is 3. The van der Waals surface area contributed by atoms with Gasteiger partial charge in [0.25, 0.3) is 0 Å². The van der Waals surface area contributed by atoms with E-state index >= 15 is 0 Å². The molecule has 1 aromatic carbocycles. The minimum atomic E-state index is 0.145. The summed E-state index contributed by atoms with van der Waals surface area (Å²) in [5.74, 6) is 0. The second kappa shape index (κ2) is 6.03. The van der Waals surface area contributed by atoms with Crippen molar-refractivity contribution in [3.63, 3.8) is 0 Å². The maximum Gasteiger partial charge on any atom is 0.0824 e. The molecular formula is C12H16Cl2N2O. The van der Waals surface area contributed by atoms with E-state index in [0.717, 1.165) is 31.8 Å². The highest BCUT2D eigenvalue weighted by Gasteiger charge is 2.19. The highest BCUT2D eigenvalue weighted by Crippen LogP contribution is 2.23. The molecule has 0 unspecified atom stereocenters. The first-order valence-corrected chi connectivity index (χ1v) is 6.42. The highest BCUT2D eigenvalue weighted by molar-refractivity contribution is 6.42. The maximum absolute atomic E-state index is 5.99. The Labute approximate surface area is 111 Å². The molecule has 94 valence electrons. The van der Waals surface area contributed by atoms with E-state index in [0.29, 0.717) is 16.6 Å². The molecule has 3 nitrogen and oxygen atoms in total. The first-order valence-electron chi connectivity index (χ1n) is 5.67. The lowest BCUT2D eigenvalue weighted by atomic mass is 10.2. The van der Waals surface area contributed by atoms with E-state index in [1.54, 1.807) is 0 Å². The summed E-state index contributed by atoms with van der Waals surface area (Å²) in [6.45, 7) is 3.96. The van der Waals surface area contributed by atoms with Gasteiger partial charge in [-0.25, -0.2) is 0 Å². The van der Waals surface area contributed by atoms with Gasteiger partial charge in [-0.1, -0.05) is 29.3 Å². The number of halogens is 2. The molecule has 1 atom stereocenters. The van der Waals surface area contributed by atoms with E-state index < -0.39 is 0 Å². The predicted octanol–water partition coefficient (Wildman–Crippen LogP) is 2.15. The molecule has 1 saturated heterocycles. The van der Waals surface area contributed by atoms with Crippen molar-refractivity contribution < 1.29 is 4.74 Å². The minimum Gasteiger partial charge on any atom is -0.374 e. The van der Waals surface area contributed by atoms with Crippen molar-refractivity contribution in [1.29, 1.82) is 0 Å². The van der Waals surface area contributed by atoms with Crippen LogP contribution in [0.5, 0.6) is 0 Å². The monoisotopic (exact) mass is 274 g/mol. The summed E-state index contributed by atoms with van der Waals surface area (Å²) in [6, 6.07) is 5.75. The Balaban J connectivity index is 1.97. The molecule has 0 aliphatic carbocycles. The van der Waals surface area contributed by atoms with Crippen LogP contribution >= 0.6 is 23.2 Å². The fourth-order valence-electron chi connectivity index (χ4n) is 1.96. The Morgan fingerprint density at radius 3 is 2.88 bits per heavy atom. The van der Waals surface area contributed by atoms with Crippen LogP contribution in [0.1, 0.15) is 5.56 Å². The Bertz CT molecular complexity index is 387. The van der Waals surface area contributed by atoms with E-state index in [-0.39, 0.29) is 6.10 Å². The third-order valence-corrected chi connectivity index (χ3v) is 3.62. The molecule has 2 N–H and O–H groups in total. The van der Waals surface area contributed by atoms with Gasteiger partial charge in [-0.05, 0) is 17.7 Å². The van der Waals surface area contributed by atoms with Crippen molar-refractivity contribution >= 4 is 23.2 Å². The van der Waals surface area contributed by atoms with Crippen LogP contribution in [0, 0.1) is 0 Å². The normalized spacial score (nSPS) is 21.7. The summed E-state index contributed by atoms with van der Waals surface area (Å²) in [5, 5.41) is 1.20. The van der Waals surface area contributed by atoms with Gasteiger partial charge in [0.1, 0.15) is 0 Å². The number of nitrogens with two attached hydrogens (primary N) is 1. The second-order valence-electron chi connectivity index (χ2n) is 4.21. The van der Waals surface area contributed by atoms with Gasteiger partial charge < -0.3 is 10.5 Å². The van der Waals surface area contributed by atoms with Crippen LogP contribution in [-0.4, -0.2) is 37.2 Å². The van der Waals surface area contributed by atoms with Gasteiger partial charge in [0, 0.05) is 26.2 Å². The molecule has 2 rings (SSSR count). The molecule has 0 amide bonds. The summed E-state index contributed by atoms with van der Waals surface area (Å²) in [4.78, 5) is 2.32. The van der Waals surface area contributed by atoms with Crippen molar-refractivity contribution in [2.75, 3.05) is 26.2 Å². The summed E-state index contributed by atoms with van der Waals surface area (Å²) in [6.07, 6.45) is 0.145. The average Bonchev–Trinajstić information content (AvgIpc) is 2.34. The molecule has 0 aromatic heterocycles. The van der Waals surface area contributed by atoms with Gasteiger partial charge in [0.2, 0.25) is 0 Å². The molecule has 0 spiro atoms.